The summed E-state index contributed by atoms with van der Waals surface area (Å²) in [4.78, 5) is 27.0. The van der Waals surface area contributed by atoms with Gasteiger partial charge in [-0.2, -0.15) is 0 Å². The van der Waals surface area contributed by atoms with Gasteiger partial charge in [0.2, 0.25) is 5.78 Å². The molecule has 1 aliphatic rings. The first-order valence-corrected chi connectivity index (χ1v) is 6.79. The van der Waals surface area contributed by atoms with E-state index >= 15 is 0 Å². The van der Waals surface area contributed by atoms with Crippen molar-refractivity contribution < 1.29 is 9.72 Å². The van der Waals surface area contributed by atoms with Crippen LogP contribution in [0, 0.1) is 10.1 Å². The molecule has 1 aromatic heterocycles. The molecule has 0 saturated heterocycles. The van der Waals surface area contributed by atoms with Crippen LogP contribution in [0.5, 0.6) is 0 Å². The summed E-state index contributed by atoms with van der Waals surface area (Å²) in [7, 11) is 0. The second-order valence-corrected chi connectivity index (χ2v) is 5.01. The maximum absolute atomic E-state index is 12.2. The molecule has 0 saturated carbocycles. The Hall–Kier alpha value is -3.48. The molecule has 0 atom stereocenters. The first kappa shape index (κ1) is 13.2. The van der Waals surface area contributed by atoms with Gasteiger partial charge in [-0.25, -0.2) is 4.98 Å². The number of fused-ring (bicyclic) bond motifs is 3. The maximum Gasteiger partial charge on any atom is 0.270 e. The Labute approximate surface area is 129 Å². The van der Waals surface area contributed by atoms with Crippen LogP contribution in [0.4, 0.5) is 5.69 Å². The molecule has 2 aromatic carbocycles. The van der Waals surface area contributed by atoms with E-state index in [0.717, 1.165) is 0 Å². The highest BCUT2D eigenvalue weighted by atomic mass is 16.6. The predicted octanol–water partition coefficient (Wildman–Crippen LogP) is 2.66. The topological polar surface area (TPSA) is 98.9 Å². The lowest BCUT2D eigenvalue weighted by Crippen LogP contribution is -2.03. The summed E-state index contributed by atoms with van der Waals surface area (Å²) in [5.41, 5.74) is 2.34. The van der Waals surface area contributed by atoms with Crippen LogP contribution in [0.3, 0.4) is 0 Å². The Kier molecular flexibility index (Phi) is 2.74. The minimum absolute atomic E-state index is 0.0527. The highest BCUT2D eigenvalue weighted by molar-refractivity contribution is 6.19. The largest absolute Gasteiger partial charge is 0.287 e. The molecule has 3 aromatic rings. The normalized spacial score (nSPS) is 11.9. The van der Waals surface area contributed by atoms with E-state index in [0.29, 0.717) is 22.4 Å². The fourth-order valence-electron chi connectivity index (χ4n) is 2.56. The number of nitro groups is 1. The summed E-state index contributed by atoms with van der Waals surface area (Å²) in [6.07, 6.45) is 0. The second kappa shape index (κ2) is 4.77. The monoisotopic (exact) mass is 304 g/mol. The molecular formula is C16H8N4O3. The summed E-state index contributed by atoms with van der Waals surface area (Å²) in [6, 6.07) is 13.1. The molecule has 0 amide bonds. The number of hydrogen-bond donors (Lipinski definition) is 0. The number of carbonyl (C=O) groups excluding carboxylic acids is 1. The van der Waals surface area contributed by atoms with Crippen LogP contribution in [-0.2, 0) is 0 Å². The number of non-ortho nitro benzene ring substituents is 1. The van der Waals surface area contributed by atoms with E-state index < -0.39 is 4.92 Å². The van der Waals surface area contributed by atoms with E-state index in [1.165, 1.54) is 12.1 Å². The van der Waals surface area contributed by atoms with Gasteiger partial charge < -0.3 is 0 Å². The third-order valence-corrected chi connectivity index (χ3v) is 3.64. The maximum atomic E-state index is 12.2. The fourth-order valence-corrected chi connectivity index (χ4v) is 2.56. The number of rotatable bonds is 2. The predicted molar refractivity (Wildman–Crippen MR) is 80.8 cm³/mol. The number of nitrogens with zero attached hydrogens (tertiary/aromatic N) is 4. The van der Waals surface area contributed by atoms with Crippen LogP contribution in [0.1, 0.15) is 16.1 Å². The van der Waals surface area contributed by atoms with Crippen molar-refractivity contribution >= 4 is 11.5 Å². The summed E-state index contributed by atoms with van der Waals surface area (Å²) in [5.74, 6) is 0.0399. The number of hydrogen-bond acceptors (Lipinski definition) is 6. The molecule has 7 nitrogen and oxygen atoms in total. The zero-order valence-electron chi connectivity index (χ0n) is 11.6. The van der Waals surface area contributed by atoms with Gasteiger partial charge in [-0.15, -0.1) is 10.2 Å². The quantitative estimate of drug-likeness (QED) is 0.417. The zero-order chi connectivity index (χ0) is 16.0. The summed E-state index contributed by atoms with van der Waals surface area (Å²) < 4.78 is 0. The van der Waals surface area contributed by atoms with Crippen LogP contribution < -0.4 is 0 Å². The van der Waals surface area contributed by atoms with Crippen molar-refractivity contribution in [2.24, 2.45) is 0 Å². The summed E-state index contributed by atoms with van der Waals surface area (Å²) in [5, 5.41) is 18.8. The van der Waals surface area contributed by atoms with E-state index in [1.54, 1.807) is 30.3 Å². The van der Waals surface area contributed by atoms with Crippen LogP contribution in [-0.4, -0.2) is 25.9 Å². The first-order chi connectivity index (χ1) is 11.1. The third-order valence-electron chi connectivity index (χ3n) is 3.64. The Bertz CT molecular complexity index is 985. The van der Waals surface area contributed by atoms with E-state index in [4.69, 9.17) is 0 Å². The Morgan fingerprint density at radius 2 is 1.70 bits per heavy atom. The smallest absolute Gasteiger partial charge is 0.270 e. The Morgan fingerprint density at radius 3 is 2.48 bits per heavy atom. The minimum Gasteiger partial charge on any atom is -0.287 e. The molecule has 0 fully saturated rings. The van der Waals surface area contributed by atoms with Gasteiger partial charge in [0, 0.05) is 28.8 Å². The van der Waals surface area contributed by atoms with Gasteiger partial charge in [-0.3, -0.25) is 14.9 Å². The van der Waals surface area contributed by atoms with Crippen molar-refractivity contribution in [2.45, 2.75) is 0 Å². The number of nitro benzene ring substituents is 1. The van der Waals surface area contributed by atoms with Crippen molar-refractivity contribution in [3.05, 3.63) is 69.9 Å². The van der Waals surface area contributed by atoms with Gasteiger partial charge >= 0.3 is 0 Å². The summed E-state index contributed by atoms with van der Waals surface area (Å²) in [6.45, 7) is 0. The van der Waals surface area contributed by atoms with Crippen LogP contribution in [0.2, 0.25) is 0 Å². The highest BCUT2D eigenvalue weighted by Gasteiger charge is 2.30. The van der Waals surface area contributed by atoms with E-state index in [9.17, 15) is 14.9 Å². The SMILES string of the molecule is O=C1c2ccccc2-c2nc(-c3cccc([N+](=O)[O-])c3)nnc21. The molecule has 110 valence electrons. The fraction of sp³-hybridized carbons (Fsp3) is 0. The molecule has 0 aliphatic heterocycles. The molecule has 0 spiro atoms. The van der Waals surface area contributed by atoms with Crippen LogP contribution in [0.15, 0.2) is 48.5 Å². The third kappa shape index (κ3) is 1.98. The zero-order valence-corrected chi connectivity index (χ0v) is 11.6. The molecule has 1 aliphatic carbocycles. The van der Waals surface area contributed by atoms with Gasteiger partial charge in [-0.05, 0) is 0 Å². The van der Waals surface area contributed by atoms with Crippen molar-refractivity contribution in [2.75, 3.05) is 0 Å². The average Bonchev–Trinajstić information content (AvgIpc) is 2.88. The molecule has 4 rings (SSSR count). The van der Waals surface area contributed by atoms with E-state index in [2.05, 4.69) is 15.2 Å². The number of ketones is 1. The molecule has 0 unspecified atom stereocenters. The van der Waals surface area contributed by atoms with Crippen molar-refractivity contribution in [1.82, 2.24) is 15.2 Å². The van der Waals surface area contributed by atoms with Gasteiger partial charge in [0.05, 0.1) is 4.92 Å². The molecular weight excluding hydrogens is 296 g/mol. The number of carbonyl (C=O) groups is 1. The van der Waals surface area contributed by atoms with E-state index in [1.807, 2.05) is 6.07 Å². The molecule has 0 N–H and O–H groups in total. The van der Waals surface area contributed by atoms with Crippen LogP contribution >= 0.6 is 0 Å². The van der Waals surface area contributed by atoms with Crippen molar-refractivity contribution in [3.63, 3.8) is 0 Å². The van der Waals surface area contributed by atoms with E-state index in [-0.39, 0.29) is 23.0 Å². The first-order valence-electron chi connectivity index (χ1n) is 6.79. The van der Waals surface area contributed by atoms with Gasteiger partial charge in [0.1, 0.15) is 5.69 Å². The highest BCUT2D eigenvalue weighted by Crippen LogP contribution is 2.34. The summed E-state index contributed by atoms with van der Waals surface area (Å²) >= 11 is 0. The number of aromatic nitrogens is 3. The molecule has 23 heavy (non-hydrogen) atoms. The lowest BCUT2D eigenvalue weighted by atomic mass is 10.1. The lowest BCUT2D eigenvalue weighted by Gasteiger charge is -2.02. The molecule has 7 heteroatoms. The van der Waals surface area contributed by atoms with Crippen molar-refractivity contribution in [3.8, 4) is 22.6 Å². The minimum atomic E-state index is -0.483. The molecule has 0 radical (unpaired) electrons. The van der Waals surface area contributed by atoms with Gasteiger partial charge in [0.15, 0.2) is 11.5 Å². The Morgan fingerprint density at radius 1 is 0.913 bits per heavy atom. The molecule has 0 bridgehead atoms. The lowest BCUT2D eigenvalue weighted by molar-refractivity contribution is -0.384. The van der Waals surface area contributed by atoms with Crippen LogP contribution in [0.25, 0.3) is 22.6 Å². The average molecular weight is 304 g/mol. The second-order valence-electron chi connectivity index (χ2n) is 5.01. The molecule has 1 heterocycles. The van der Waals surface area contributed by atoms with Crippen molar-refractivity contribution in [1.29, 1.82) is 0 Å². The van der Waals surface area contributed by atoms with Gasteiger partial charge in [0.25, 0.3) is 5.69 Å². The van der Waals surface area contributed by atoms with Gasteiger partial charge in [-0.1, -0.05) is 36.4 Å². The standard InChI is InChI=1S/C16H8N4O3/c21-15-12-7-2-1-6-11(12)13-14(15)18-19-16(17-13)9-4-3-5-10(8-9)20(22)23/h1-8H. The Balaban J connectivity index is 1.88. The number of benzene rings is 2.